The van der Waals surface area contributed by atoms with Crippen LogP contribution in [0, 0.1) is 17.3 Å². The van der Waals surface area contributed by atoms with E-state index < -0.39 is 60.7 Å². The Morgan fingerprint density at radius 2 is 1.16 bits per heavy atom. The lowest BCUT2D eigenvalue weighted by Gasteiger charge is -2.45. The first-order valence-corrected chi connectivity index (χ1v) is 14.3. The van der Waals surface area contributed by atoms with Gasteiger partial charge in [-0.3, -0.25) is 0 Å². The molecule has 2 aliphatic rings. The molecule has 0 saturated carbocycles. The summed E-state index contributed by atoms with van der Waals surface area (Å²) in [6.07, 6.45) is -3.68. The summed E-state index contributed by atoms with van der Waals surface area (Å²) in [4.78, 5) is 0. The molecule has 2 heterocycles. The van der Waals surface area contributed by atoms with Gasteiger partial charge < -0.3 is 49.6 Å². The molecule has 2 rings (SSSR count). The number of aliphatic hydroxyl groups excluding tert-OH is 6. The van der Waals surface area contributed by atoms with Gasteiger partial charge in [0.2, 0.25) is 0 Å². The van der Waals surface area contributed by atoms with E-state index in [4.69, 9.17) is 18.9 Å². The van der Waals surface area contributed by atoms with Crippen molar-refractivity contribution in [3.63, 3.8) is 0 Å². The minimum Gasteiger partial charge on any atom is -0.394 e. The summed E-state index contributed by atoms with van der Waals surface area (Å²) in [5.41, 5.74) is -0.456. The van der Waals surface area contributed by atoms with E-state index in [1.54, 1.807) is 0 Å². The van der Waals surface area contributed by atoms with Gasteiger partial charge in [0.15, 0.2) is 0 Å². The zero-order valence-electron chi connectivity index (χ0n) is 24.2. The Kier molecular flexibility index (Phi) is 13.3. The van der Waals surface area contributed by atoms with Crippen molar-refractivity contribution in [3.05, 3.63) is 0 Å². The zero-order chi connectivity index (χ0) is 28.7. The van der Waals surface area contributed by atoms with Gasteiger partial charge in [-0.15, -0.1) is 0 Å². The number of hydrogen-bond acceptors (Lipinski definition) is 10. The fraction of sp³-hybridized carbons (Fsp3) is 1.00. The molecule has 0 aromatic rings. The molecule has 0 amide bonds. The molecule has 2 saturated heterocycles. The van der Waals surface area contributed by atoms with Crippen molar-refractivity contribution >= 4 is 0 Å². The van der Waals surface area contributed by atoms with Crippen LogP contribution < -0.4 is 0 Å². The lowest BCUT2D eigenvalue weighted by Crippen LogP contribution is -2.59. The molecule has 10 atom stereocenters. The number of rotatable bonds is 15. The highest BCUT2D eigenvalue weighted by molar-refractivity contribution is 4.95. The van der Waals surface area contributed by atoms with Crippen LogP contribution in [-0.4, -0.2) is 118 Å². The molecule has 0 aliphatic carbocycles. The highest BCUT2D eigenvalue weighted by Crippen LogP contribution is 2.36. The van der Waals surface area contributed by atoms with E-state index in [-0.39, 0.29) is 44.1 Å². The first-order valence-electron chi connectivity index (χ1n) is 14.3. The Balaban J connectivity index is 1.96. The van der Waals surface area contributed by atoms with E-state index in [1.165, 1.54) is 0 Å². The third kappa shape index (κ3) is 8.55. The highest BCUT2D eigenvalue weighted by atomic mass is 16.6. The van der Waals surface area contributed by atoms with Gasteiger partial charge in [0.25, 0.3) is 0 Å². The predicted octanol–water partition coefficient (Wildman–Crippen LogP) is 1.01. The minimum absolute atomic E-state index is 0.0567. The van der Waals surface area contributed by atoms with Crippen LogP contribution in [0.1, 0.15) is 73.6 Å². The number of hydrogen-bond donors (Lipinski definition) is 6. The Morgan fingerprint density at radius 3 is 1.66 bits per heavy atom. The quantitative estimate of drug-likeness (QED) is 0.174. The van der Waals surface area contributed by atoms with Crippen LogP contribution in [0.2, 0.25) is 0 Å². The fourth-order valence-corrected chi connectivity index (χ4v) is 5.67. The zero-order valence-corrected chi connectivity index (χ0v) is 24.2. The molecule has 0 aromatic heterocycles. The smallest absolute Gasteiger partial charge is 0.110 e. The second-order valence-electron chi connectivity index (χ2n) is 12.2. The molecule has 38 heavy (non-hydrogen) atoms. The van der Waals surface area contributed by atoms with Crippen LogP contribution in [0.3, 0.4) is 0 Å². The van der Waals surface area contributed by atoms with E-state index in [1.807, 2.05) is 20.8 Å². The minimum atomic E-state index is -1.27. The maximum Gasteiger partial charge on any atom is 0.110 e. The summed E-state index contributed by atoms with van der Waals surface area (Å²) in [6, 6.07) is 0. The normalized spacial score (nSPS) is 36.9. The molecule has 0 aromatic carbocycles. The molecular formula is C28H54O10. The molecular weight excluding hydrogens is 496 g/mol. The van der Waals surface area contributed by atoms with Crippen LogP contribution in [0.25, 0.3) is 0 Å². The molecule has 0 bridgehead atoms. The Labute approximate surface area is 228 Å². The van der Waals surface area contributed by atoms with Crippen molar-refractivity contribution in [2.75, 3.05) is 33.0 Å². The number of aliphatic hydroxyl groups is 6. The van der Waals surface area contributed by atoms with Crippen molar-refractivity contribution < 1.29 is 49.6 Å². The van der Waals surface area contributed by atoms with Gasteiger partial charge in [0.05, 0.1) is 69.2 Å². The molecule has 6 N–H and O–H groups in total. The van der Waals surface area contributed by atoms with Crippen LogP contribution in [0.15, 0.2) is 0 Å². The van der Waals surface area contributed by atoms with Crippen molar-refractivity contribution in [2.45, 2.75) is 128 Å². The number of ether oxygens (including phenoxy) is 4. The maximum absolute atomic E-state index is 10.9. The fourth-order valence-electron chi connectivity index (χ4n) is 5.67. The predicted molar refractivity (Wildman–Crippen MR) is 142 cm³/mol. The molecule has 2 fully saturated rings. The van der Waals surface area contributed by atoms with E-state index in [0.29, 0.717) is 6.42 Å². The van der Waals surface area contributed by atoms with Crippen molar-refractivity contribution in [3.8, 4) is 0 Å². The van der Waals surface area contributed by atoms with Crippen molar-refractivity contribution in [1.82, 2.24) is 0 Å². The van der Waals surface area contributed by atoms with Crippen molar-refractivity contribution in [1.29, 1.82) is 0 Å². The summed E-state index contributed by atoms with van der Waals surface area (Å²) in [5.74, 6) is -1.30. The van der Waals surface area contributed by atoms with E-state index in [9.17, 15) is 30.6 Å². The average molecular weight is 551 g/mol. The first-order chi connectivity index (χ1) is 17.9. The van der Waals surface area contributed by atoms with E-state index in [0.717, 1.165) is 25.7 Å². The summed E-state index contributed by atoms with van der Waals surface area (Å²) in [5, 5.41) is 63.0. The molecule has 0 spiro atoms. The second kappa shape index (κ2) is 15.0. The molecule has 2 aliphatic heterocycles. The SMILES string of the molecule is CCCC(C)(C)CC1OC(CO)C(COCC2OC(CO)C(COC(C)(CC)CC)C(O)C2O)C(O)C1O. The van der Waals surface area contributed by atoms with Crippen LogP contribution in [-0.2, 0) is 18.9 Å². The van der Waals surface area contributed by atoms with Gasteiger partial charge in [-0.2, -0.15) is 0 Å². The van der Waals surface area contributed by atoms with Crippen LogP contribution in [0.4, 0.5) is 0 Å². The van der Waals surface area contributed by atoms with E-state index >= 15 is 0 Å². The third-order valence-corrected chi connectivity index (χ3v) is 8.75. The molecule has 226 valence electrons. The van der Waals surface area contributed by atoms with Gasteiger partial charge in [-0.05, 0) is 38.0 Å². The van der Waals surface area contributed by atoms with Gasteiger partial charge >= 0.3 is 0 Å². The average Bonchev–Trinajstić information content (AvgIpc) is 2.89. The van der Waals surface area contributed by atoms with Gasteiger partial charge in [0.1, 0.15) is 18.3 Å². The van der Waals surface area contributed by atoms with Gasteiger partial charge in [-0.25, -0.2) is 0 Å². The molecule has 10 heteroatoms. The Hall–Kier alpha value is -0.400. The van der Waals surface area contributed by atoms with Crippen LogP contribution >= 0.6 is 0 Å². The largest absolute Gasteiger partial charge is 0.394 e. The third-order valence-electron chi connectivity index (χ3n) is 8.75. The molecule has 0 radical (unpaired) electrons. The van der Waals surface area contributed by atoms with Crippen molar-refractivity contribution in [2.24, 2.45) is 17.3 Å². The Bertz CT molecular complexity index is 668. The summed E-state index contributed by atoms with van der Waals surface area (Å²) < 4.78 is 23.7. The van der Waals surface area contributed by atoms with Gasteiger partial charge in [0, 0.05) is 11.8 Å². The Morgan fingerprint density at radius 1 is 0.658 bits per heavy atom. The summed E-state index contributed by atoms with van der Waals surface area (Å²) in [6.45, 7) is 11.6. The lowest BCUT2D eigenvalue weighted by atomic mass is 9.77. The topological polar surface area (TPSA) is 158 Å². The second-order valence-corrected chi connectivity index (χ2v) is 12.2. The highest BCUT2D eigenvalue weighted by Gasteiger charge is 2.47. The summed E-state index contributed by atoms with van der Waals surface area (Å²) >= 11 is 0. The summed E-state index contributed by atoms with van der Waals surface area (Å²) in [7, 11) is 0. The monoisotopic (exact) mass is 550 g/mol. The lowest BCUT2D eigenvalue weighted by molar-refractivity contribution is -0.245. The molecule has 10 nitrogen and oxygen atoms in total. The molecule has 10 unspecified atom stereocenters. The van der Waals surface area contributed by atoms with E-state index in [2.05, 4.69) is 20.8 Å². The van der Waals surface area contributed by atoms with Gasteiger partial charge in [-0.1, -0.05) is 41.0 Å². The maximum atomic E-state index is 10.9. The first kappa shape index (κ1) is 33.8. The van der Waals surface area contributed by atoms with Crippen LogP contribution in [0.5, 0.6) is 0 Å². The standard InChI is InChI=1S/C28H54O10/c1-7-10-27(4,5)11-19-25(33)23(31)17(20(12-29)37-19)14-35-16-22-26(34)24(32)18(21(13-30)38-22)15-36-28(6,8-2)9-3/h17-26,29-34H,7-16H2,1-6H3.